The first-order chi connectivity index (χ1) is 11.1. The van der Waals surface area contributed by atoms with Gasteiger partial charge in [0.2, 0.25) is 5.91 Å². The average molecular weight is 357 g/mol. The molecule has 5 nitrogen and oxygen atoms in total. The number of halogens is 2. The highest BCUT2D eigenvalue weighted by molar-refractivity contribution is 5.92. The lowest BCUT2D eigenvalue weighted by Gasteiger charge is -2.37. The van der Waals surface area contributed by atoms with Crippen LogP contribution in [0.25, 0.3) is 0 Å². The summed E-state index contributed by atoms with van der Waals surface area (Å²) in [4.78, 5) is 16.8. The first kappa shape index (κ1) is 19.1. The fourth-order valence-electron chi connectivity index (χ4n) is 3.31. The minimum Gasteiger partial charge on any atom is -0.325 e. The summed E-state index contributed by atoms with van der Waals surface area (Å²) in [5.74, 6) is -0.370. The van der Waals surface area contributed by atoms with Gasteiger partial charge in [-0.05, 0) is 37.6 Å². The zero-order valence-electron chi connectivity index (χ0n) is 14.1. The summed E-state index contributed by atoms with van der Waals surface area (Å²) >= 11 is 0. The van der Waals surface area contributed by atoms with Crippen molar-refractivity contribution in [2.45, 2.75) is 19.4 Å². The van der Waals surface area contributed by atoms with E-state index in [1.54, 1.807) is 19.1 Å². The molecule has 2 saturated heterocycles. The zero-order valence-corrected chi connectivity index (χ0v) is 14.9. The van der Waals surface area contributed by atoms with E-state index < -0.39 is 0 Å². The third-order valence-electron chi connectivity index (χ3n) is 4.78. The van der Waals surface area contributed by atoms with Gasteiger partial charge in [0.1, 0.15) is 5.82 Å². The molecule has 2 heterocycles. The summed E-state index contributed by atoms with van der Waals surface area (Å²) in [6, 6.07) is 5.44. The molecule has 0 radical (unpaired) electrons. The van der Waals surface area contributed by atoms with Crippen molar-refractivity contribution in [3.8, 4) is 0 Å². The molecular weight excluding hydrogens is 331 g/mol. The van der Waals surface area contributed by atoms with Crippen LogP contribution in [0.4, 0.5) is 10.1 Å². The van der Waals surface area contributed by atoms with E-state index >= 15 is 0 Å². The van der Waals surface area contributed by atoms with Crippen LogP contribution in [-0.4, -0.2) is 67.6 Å². The number of carbonyl (C=O) groups is 1. The number of amides is 1. The van der Waals surface area contributed by atoms with Crippen molar-refractivity contribution < 1.29 is 9.18 Å². The lowest BCUT2D eigenvalue weighted by atomic mass is 10.2. The SMILES string of the molecule is Cc1ccc(NC(=O)CN2CCN(C3CCNC3)CC2)cc1F.Cl. The molecule has 2 fully saturated rings. The van der Waals surface area contributed by atoms with Gasteiger partial charge in [0.05, 0.1) is 6.54 Å². The maximum absolute atomic E-state index is 13.5. The molecule has 1 aromatic rings. The van der Waals surface area contributed by atoms with E-state index in [1.807, 2.05) is 0 Å². The molecule has 134 valence electrons. The maximum atomic E-state index is 13.5. The Balaban J connectivity index is 0.00000208. The summed E-state index contributed by atoms with van der Waals surface area (Å²) in [5.41, 5.74) is 1.11. The number of hydrogen-bond acceptors (Lipinski definition) is 4. The number of rotatable bonds is 4. The summed E-state index contributed by atoms with van der Waals surface area (Å²) in [6.45, 7) is 8.11. The van der Waals surface area contributed by atoms with Gasteiger partial charge in [-0.25, -0.2) is 4.39 Å². The van der Waals surface area contributed by atoms with Crippen LogP contribution in [0.3, 0.4) is 0 Å². The molecular formula is C17H26ClFN4O. The molecule has 24 heavy (non-hydrogen) atoms. The van der Waals surface area contributed by atoms with Crippen LogP contribution in [0.15, 0.2) is 18.2 Å². The Morgan fingerprint density at radius 1 is 1.33 bits per heavy atom. The normalized spacial score (nSPS) is 22.2. The van der Waals surface area contributed by atoms with Gasteiger partial charge in [-0.15, -0.1) is 12.4 Å². The second kappa shape index (κ2) is 8.76. The molecule has 0 saturated carbocycles. The van der Waals surface area contributed by atoms with E-state index in [0.717, 1.165) is 39.3 Å². The van der Waals surface area contributed by atoms with Crippen LogP contribution >= 0.6 is 12.4 Å². The Kier molecular flexibility index (Phi) is 6.98. The molecule has 1 unspecified atom stereocenters. The van der Waals surface area contributed by atoms with Crippen molar-refractivity contribution in [3.63, 3.8) is 0 Å². The highest BCUT2D eigenvalue weighted by atomic mass is 35.5. The predicted octanol–water partition coefficient (Wildman–Crippen LogP) is 1.47. The lowest BCUT2D eigenvalue weighted by molar-refractivity contribution is -0.117. The molecule has 1 aromatic carbocycles. The number of anilines is 1. The molecule has 2 N–H and O–H groups in total. The van der Waals surface area contributed by atoms with E-state index in [0.29, 0.717) is 23.8 Å². The summed E-state index contributed by atoms with van der Waals surface area (Å²) < 4.78 is 13.5. The van der Waals surface area contributed by atoms with Crippen LogP contribution < -0.4 is 10.6 Å². The van der Waals surface area contributed by atoms with Gasteiger partial charge in [0.15, 0.2) is 0 Å². The molecule has 0 aliphatic carbocycles. The van der Waals surface area contributed by atoms with Gasteiger partial charge in [0.25, 0.3) is 0 Å². The predicted molar refractivity (Wildman–Crippen MR) is 96.3 cm³/mol. The van der Waals surface area contributed by atoms with E-state index in [1.165, 1.54) is 12.5 Å². The van der Waals surface area contributed by atoms with Crippen molar-refractivity contribution in [3.05, 3.63) is 29.6 Å². The summed E-state index contributed by atoms with van der Waals surface area (Å²) in [5, 5.41) is 6.18. The number of carbonyl (C=O) groups excluding carboxylic acids is 1. The number of nitrogens with zero attached hydrogens (tertiary/aromatic N) is 2. The lowest BCUT2D eigenvalue weighted by Crippen LogP contribution is -2.52. The highest BCUT2D eigenvalue weighted by Gasteiger charge is 2.26. The molecule has 2 aliphatic rings. The number of piperazine rings is 1. The number of hydrogen-bond donors (Lipinski definition) is 2. The minimum atomic E-state index is -0.290. The number of nitrogens with one attached hydrogen (secondary N) is 2. The number of benzene rings is 1. The Morgan fingerprint density at radius 3 is 2.71 bits per heavy atom. The second-order valence-electron chi connectivity index (χ2n) is 6.47. The van der Waals surface area contributed by atoms with Crippen molar-refractivity contribution in [2.24, 2.45) is 0 Å². The molecule has 2 aliphatic heterocycles. The fraction of sp³-hybridized carbons (Fsp3) is 0.588. The Morgan fingerprint density at radius 2 is 2.08 bits per heavy atom. The largest absolute Gasteiger partial charge is 0.325 e. The molecule has 0 aromatic heterocycles. The van der Waals surface area contributed by atoms with Crippen molar-refractivity contribution >= 4 is 24.0 Å². The van der Waals surface area contributed by atoms with Crippen LogP contribution in [0.1, 0.15) is 12.0 Å². The van der Waals surface area contributed by atoms with Gasteiger partial charge in [-0.2, -0.15) is 0 Å². The van der Waals surface area contributed by atoms with Gasteiger partial charge in [-0.1, -0.05) is 6.07 Å². The van der Waals surface area contributed by atoms with E-state index in [4.69, 9.17) is 0 Å². The first-order valence-electron chi connectivity index (χ1n) is 8.35. The van der Waals surface area contributed by atoms with E-state index in [9.17, 15) is 9.18 Å². The Bertz CT molecular complexity index is 558. The Labute approximate surface area is 149 Å². The topological polar surface area (TPSA) is 47.6 Å². The standard InChI is InChI=1S/C17H25FN4O.ClH/c1-13-2-3-14(10-16(13)18)20-17(23)12-21-6-8-22(9-7-21)15-4-5-19-11-15;/h2-3,10,15,19H,4-9,11-12H2,1H3,(H,20,23);1H. The van der Waals surface area contributed by atoms with Gasteiger partial charge < -0.3 is 10.6 Å². The van der Waals surface area contributed by atoms with Crippen LogP contribution in [0.2, 0.25) is 0 Å². The molecule has 3 rings (SSSR count). The smallest absolute Gasteiger partial charge is 0.238 e. The molecule has 0 bridgehead atoms. The zero-order chi connectivity index (χ0) is 16.2. The van der Waals surface area contributed by atoms with E-state index in [2.05, 4.69) is 20.4 Å². The van der Waals surface area contributed by atoms with Crippen LogP contribution in [0, 0.1) is 12.7 Å². The monoisotopic (exact) mass is 356 g/mol. The van der Waals surface area contributed by atoms with Crippen molar-refractivity contribution in [1.29, 1.82) is 0 Å². The van der Waals surface area contributed by atoms with Gasteiger partial charge >= 0.3 is 0 Å². The molecule has 1 atom stereocenters. The average Bonchev–Trinajstić information content (AvgIpc) is 3.06. The molecule has 1 amide bonds. The second-order valence-corrected chi connectivity index (χ2v) is 6.47. The quantitative estimate of drug-likeness (QED) is 0.857. The third kappa shape index (κ3) is 4.89. The van der Waals surface area contributed by atoms with Crippen molar-refractivity contribution in [1.82, 2.24) is 15.1 Å². The van der Waals surface area contributed by atoms with Crippen molar-refractivity contribution in [2.75, 3.05) is 51.1 Å². The van der Waals surface area contributed by atoms with E-state index in [-0.39, 0.29) is 24.1 Å². The van der Waals surface area contributed by atoms with Gasteiger partial charge in [-0.3, -0.25) is 14.6 Å². The Hall–Kier alpha value is -1.21. The van der Waals surface area contributed by atoms with Gasteiger partial charge in [0, 0.05) is 44.5 Å². The van der Waals surface area contributed by atoms with Crippen LogP contribution in [0.5, 0.6) is 0 Å². The maximum Gasteiger partial charge on any atom is 0.238 e. The summed E-state index contributed by atoms with van der Waals surface area (Å²) in [6.07, 6.45) is 1.22. The third-order valence-corrected chi connectivity index (χ3v) is 4.78. The molecule has 7 heteroatoms. The molecule has 0 spiro atoms. The highest BCUT2D eigenvalue weighted by Crippen LogP contribution is 2.14. The fourth-order valence-corrected chi connectivity index (χ4v) is 3.31. The first-order valence-corrected chi connectivity index (χ1v) is 8.35. The number of aryl methyl sites for hydroxylation is 1. The van der Waals surface area contributed by atoms with Crippen LogP contribution in [-0.2, 0) is 4.79 Å². The minimum absolute atomic E-state index is 0. The summed E-state index contributed by atoms with van der Waals surface area (Å²) in [7, 11) is 0.